The van der Waals surface area contributed by atoms with Gasteiger partial charge in [0.25, 0.3) is 0 Å². The predicted octanol–water partition coefficient (Wildman–Crippen LogP) is 3.41. The number of urea groups is 1. The highest BCUT2D eigenvalue weighted by Crippen LogP contribution is 2.40. The maximum atomic E-state index is 12.6. The quantitative estimate of drug-likeness (QED) is 0.867. The van der Waals surface area contributed by atoms with Crippen LogP contribution >= 0.6 is 0 Å². The molecule has 0 radical (unpaired) electrons. The van der Waals surface area contributed by atoms with E-state index in [0.29, 0.717) is 6.42 Å². The number of carbonyl (C=O) groups is 2. The topological polar surface area (TPSA) is 61.9 Å². The summed E-state index contributed by atoms with van der Waals surface area (Å²) >= 11 is 0. The lowest BCUT2D eigenvalue weighted by Gasteiger charge is -2.47. The minimum Gasteiger partial charge on any atom is -0.376 e. The van der Waals surface area contributed by atoms with Crippen molar-refractivity contribution in [2.24, 2.45) is 5.41 Å². The zero-order chi connectivity index (χ0) is 19.6. The van der Waals surface area contributed by atoms with Crippen LogP contribution in [0, 0.1) is 12.3 Å². The summed E-state index contributed by atoms with van der Waals surface area (Å²) in [5.41, 5.74) is 2.14. The van der Waals surface area contributed by atoms with E-state index in [1.54, 1.807) is 0 Å². The molecule has 1 aromatic rings. The van der Waals surface area contributed by atoms with Crippen molar-refractivity contribution in [2.45, 2.75) is 51.6 Å². The number of benzene rings is 1. The van der Waals surface area contributed by atoms with Crippen LogP contribution in [0.15, 0.2) is 24.3 Å². The summed E-state index contributed by atoms with van der Waals surface area (Å²) in [4.78, 5) is 29.0. The second-order valence-corrected chi connectivity index (χ2v) is 8.70. The summed E-state index contributed by atoms with van der Waals surface area (Å²) in [6.45, 7) is 5.90. The zero-order valence-corrected chi connectivity index (χ0v) is 16.8. The molecule has 1 aromatic carbocycles. The fourth-order valence-corrected chi connectivity index (χ4v) is 4.82. The Bertz CT molecular complexity index is 721. The number of ether oxygens (including phenoxy) is 1. The van der Waals surface area contributed by atoms with E-state index in [0.717, 1.165) is 76.1 Å². The van der Waals surface area contributed by atoms with Crippen molar-refractivity contribution in [1.29, 1.82) is 0 Å². The highest BCUT2D eigenvalue weighted by molar-refractivity contribution is 5.89. The summed E-state index contributed by atoms with van der Waals surface area (Å²) in [5, 5.41) is 3.01. The third kappa shape index (κ3) is 4.32. The zero-order valence-electron chi connectivity index (χ0n) is 16.8. The number of aryl methyl sites for hydroxylation is 1. The van der Waals surface area contributed by atoms with Gasteiger partial charge in [0.15, 0.2) is 0 Å². The van der Waals surface area contributed by atoms with Crippen LogP contribution in [0.4, 0.5) is 10.5 Å². The molecule has 3 fully saturated rings. The van der Waals surface area contributed by atoms with Crippen molar-refractivity contribution in [3.8, 4) is 0 Å². The molecule has 3 aliphatic heterocycles. The summed E-state index contributed by atoms with van der Waals surface area (Å²) in [5.74, 6) is 0.265. The van der Waals surface area contributed by atoms with Crippen LogP contribution in [0.25, 0.3) is 0 Å². The van der Waals surface area contributed by atoms with Crippen molar-refractivity contribution in [3.63, 3.8) is 0 Å². The van der Waals surface area contributed by atoms with Crippen LogP contribution < -0.4 is 5.32 Å². The lowest BCUT2D eigenvalue weighted by atomic mass is 9.72. The van der Waals surface area contributed by atoms with Gasteiger partial charge in [-0.15, -0.1) is 0 Å². The number of likely N-dealkylation sites (tertiary alicyclic amines) is 2. The molecule has 3 aliphatic rings. The van der Waals surface area contributed by atoms with E-state index in [1.807, 2.05) is 41.0 Å². The number of piperidine rings is 2. The molecule has 3 amide bonds. The van der Waals surface area contributed by atoms with Gasteiger partial charge in [-0.25, -0.2) is 4.79 Å². The van der Waals surface area contributed by atoms with E-state index in [1.165, 1.54) is 0 Å². The Balaban J connectivity index is 1.32. The first-order valence-corrected chi connectivity index (χ1v) is 10.6. The Kier molecular flexibility index (Phi) is 5.58. The average molecular weight is 386 g/mol. The van der Waals surface area contributed by atoms with Crippen molar-refractivity contribution in [1.82, 2.24) is 9.80 Å². The van der Waals surface area contributed by atoms with Crippen molar-refractivity contribution >= 4 is 17.6 Å². The normalized spacial score (nSPS) is 24.6. The summed E-state index contributed by atoms with van der Waals surface area (Å²) in [6.07, 6.45) is 5.86. The van der Waals surface area contributed by atoms with Crippen LogP contribution in [0.1, 0.15) is 44.1 Å². The second-order valence-electron chi connectivity index (χ2n) is 8.70. The number of nitrogens with zero attached hydrogens (tertiary/aromatic N) is 2. The molecule has 3 heterocycles. The maximum absolute atomic E-state index is 12.6. The molecule has 1 N–H and O–H groups in total. The van der Waals surface area contributed by atoms with Crippen LogP contribution in [-0.4, -0.2) is 60.6 Å². The fraction of sp³-hybridized carbons (Fsp3) is 0.636. The summed E-state index contributed by atoms with van der Waals surface area (Å²) in [6, 6.07) is 7.86. The largest absolute Gasteiger partial charge is 0.376 e. The lowest BCUT2D eigenvalue weighted by Crippen LogP contribution is -2.54. The molecule has 0 aromatic heterocycles. The molecule has 0 aliphatic carbocycles. The Hall–Kier alpha value is -2.08. The van der Waals surface area contributed by atoms with Crippen LogP contribution in [0.5, 0.6) is 0 Å². The van der Waals surface area contributed by atoms with Gasteiger partial charge >= 0.3 is 6.03 Å². The summed E-state index contributed by atoms with van der Waals surface area (Å²) < 4.78 is 5.74. The fourth-order valence-electron chi connectivity index (χ4n) is 4.82. The van der Waals surface area contributed by atoms with E-state index in [-0.39, 0.29) is 23.5 Å². The molecule has 0 saturated carbocycles. The van der Waals surface area contributed by atoms with E-state index in [2.05, 4.69) is 5.32 Å². The molecule has 1 unspecified atom stereocenters. The smallest absolute Gasteiger partial charge is 0.321 e. The Morgan fingerprint density at radius 1 is 1.29 bits per heavy atom. The first-order chi connectivity index (χ1) is 13.5. The van der Waals surface area contributed by atoms with Gasteiger partial charge < -0.3 is 19.9 Å². The van der Waals surface area contributed by atoms with Gasteiger partial charge in [0.2, 0.25) is 5.91 Å². The van der Waals surface area contributed by atoms with Gasteiger partial charge in [0, 0.05) is 44.9 Å². The molecule has 152 valence electrons. The van der Waals surface area contributed by atoms with E-state index < -0.39 is 0 Å². The number of rotatable bonds is 3. The standard InChI is InChI=1S/C22H31N3O3/c1-17-4-2-5-18(14-17)23-21(27)24-11-9-22(10-12-24)8-7-20(26)25(16-22)15-19-6-3-13-28-19/h2,4-5,14,19H,3,6-13,15-16H2,1H3,(H,23,27). The number of anilines is 1. The molecule has 1 spiro atoms. The molecular weight excluding hydrogens is 354 g/mol. The Morgan fingerprint density at radius 2 is 2.11 bits per heavy atom. The molecule has 3 saturated heterocycles. The minimum atomic E-state index is -0.0245. The number of hydrogen-bond acceptors (Lipinski definition) is 3. The molecule has 0 bridgehead atoms. The third-order valence-electron chi connectivity index (χ3n) is 6.58. The van der Waals surface area contributed by atoms with Gasteiger partial charge in [-0.3, -0.25) is 4.79 Å². The van der Waals surface area contributed by atoms with Crippen LogP contribution in [0.3, 0.4) is 0 Å². The third-order valence-corrected chi connectivity index (χ3v) is 6.58. The molecule has 6 nitrogen and oxygen atoms in total. The number of hydrogen-bond donors (Lipinski definition) is 1. The van der Waals surface area contributed by atoms with Gasteiger partial charge in [0.1, 0.15) is 0 Å². The first kappa shape index (κ1) is 19.2. The summed E-state index contributed by atoms with van der Waals surface area (Å²) in [7, 11) is 0. The SMILES string of the molecule is Cc1cccc(NC(=O)N2CCC3(CCC(=O)N(CC4CCCO4)C3)CC2)c1. The Morgan fingerprint density at radius 3 is 2.82 bits per heavy atom. The van der Waals surface area contributed by atoms with Crippen molar-refractivity contribution in [2.75, 3.05) is 38.1 Å². The number of amides is 3. The first-order valence-electron chi connectivity index (χ1n) is 10.6. The van der Waals surface area contributed by atoms with Crippen molar-refractivity contribution in [3.05, 3.63) is 29.8 Å². The van der Waals surface area contributed by atoms with E-state index >= 15 is 0 Å². The second kappa shape index (κ2) is 8.11. The van der Waals surface area contributed by atoms with Crippen LogP contribution in [-0.2, 0) is 9.53 Å². The molecule has 6 heteroatoms. The van der Waals surface area contributed by atoms with E-state index in [4.69, 9.17) is 4.74 Å². The predicted molar refractivity (Wildman–Crippen MR) is 108 cm³/mol. The van der Waals surface area contributed by atoms with Gasteiger partial charge in [0.05, 0.1) is 6.10 Å². The van der Waals surface area contributed by atoms with Crippen LogP contribution in [0.2, 0.25) is 0 Å². The van der Waals surface area contributed by atoms with Crippen molar-refractivity contribution < 1.29 is 14.3 Å². The molecule has 28 heavy (non-hydrogen) atoms. The van der Waals surface area contributed by atoms with Gasteiger partial charge in [-0.1, -0.05) is 12.1 Å². The Labute approximate surface area is 167 Å². The number of carbonyl (C=O) groups excluding carboxylic acids is 2. The number of nitrogens with one attached hydrogen (secondary N) is 1. The average Bonchev–Trinajstić information content (AvgIpc) is 3.19. The highest BCUT2D eigenvalue weighted by Gasteiger charge is 2.42. The monoisotopic (exact) mass is 385 g/mol. The highest BCUT2D eigenvalue weighted by atomic mass is 16.5. The van der Waals surface area contributed by atoms with E-state index in [9.17, 15) is 9.59 Å². The van der Waals surface area contributed by atoms with Gasteiger partial charge in [-0.05, 0) is 62.1 Å². The lowest BCUT2D eigenvalue weighted by molar-refractivity contribution is -0.140. The minimum absolute atomic E-state index is 0.0245. The molecular formula is C22H31N3O3. The van der Waals surface area contributed by atoms with Gasteiger partial charge in [-0.2, -0.15) is 0 Å². The molecule has 4 rings (SSSR count). The maximum Gasteiger partial charge on any atom is 0.321 e. The molecule has 1 atom stereocenters.